The molecule has 0 radical (unpaired) electrons. The van der Waals surface area contributed by atoms with Gasteiger partial charge in [-0.25, -0.2) is 4.98 Å². The van der Waals surface area contributed by atoms with Crippen molar-refractivity contribution in [3.63, 3.8) is 0 Å². The molecule has 1 aromatic heterocycles. The first-order chi connectivity index (χ1) is 8.69. The summed E-state index contributed by atoms with van der Waals surface area (Å²) in [5.74, 6) is -0.894. The van der Waals surface area contributed by atoms with Crippen molar-refractivity contribution in [3.05, 3.63) is 53.6 Å². The van der Waals surface area contributed by atoms with E-state index in [1.165, 1.54) is 6.33 Å². The van der Waals surface area contributed by atoms with Crippen molar-refractivity contribution in [3.8, 4) is 6.07 Å². The molecular weight excluding hydrogens is 230 g/mol. The number of aromatic nitrogens is 2. The molecule has 1 heterocycles. The van der Waals surface area contributed by atoms with Crippen molar-refractivity contribution in [1.29, 1.82) is 5.26 Å². The van der Waals surface area contributed by atoms with Crippen LogP contribution in [0.2, 0.25) is 0 Å². The van der Waals surface area contributed by atoms with Crippen LogP contribution in [0.5, 0.6) is 0 Å². The van der Waals surface area contributed by atoms with Crippen molar-refractivity contribution in [2.75, 3.05) is 0 Å². The minimum atomic E-state index is -0.894. The van der Waals surface area contributed by atoms with Crippen LogP contribution in [0.4, 0.5) is 0 Å². The van der Waals surface area contributed by atoms with E-state index in [-0.39, 0.29) is 6.54 Å². The number of benzene rings is 1. The highest BCUT2D eigenvalue weighted by Crippen LogP contribution is 2.10. The molecule has 0 saturated heterocycles. The van der Waals surface area contributed by atoms with E-state index >= 15 is 0 Å². The SMILES string of the molecule is N#Cc1ccc(Cc2cncn2CC(=O)O)cc1. The van der Waals surface area contributed by atoms with Crippen molar-refractivity contribution < 1.29 is 9.90 Å². The summed E-state index contributed by atoms with van der Waals surface area (Å²) in [7, 11) is 0. The molecule has 0 atom stereocenters. The molecule has 0 amide bonds. The van der Waals surface area contributed by atoms with Gasteiger partial charge in [0.25, 0.3) is 0 Å². The van der Waals surface area contributed by atoms with E-state index in [1.54, 1.807) is 22.9 Å². The van der Waals surface area contributed by atoms with Crippen LogP contribution in [0.15, 0.2) is 36.8 Å². The quantitative estimate of drug-likeness (QED) is 0.878. The van der Waals surface area contributed by atoms with Crippen molar-refractivity contribution in [1.82, 2.24) is 9.55 Å². The molecule has 0 aliphatic heterocycles. The zero-order chi connectivity index (χ0) is 13.0. The maximum Gasteiger partial charge on any atom is 0.323 e. The Balaban J connectivity index is 2.16. The Kier molecular flexibility index (Phi) is 3.39. The molecule has 90 valence electrons. The molecule has 1 N–H and O–H groups in total. The van der Waals surface area contributed by atoms with Crippen LogP contribution in [-0.4, -0.2) is 20.6 Å². The molecule has 0 aliphatic carbocycles. The van der Waals surface area contributed by atoms with Crippen LogP contribution >= 0.6 is 0 Å². The maximum absolute atomic E-state index is 10.7. The number of nitriles is 1. The third-order valence-corrected chi connectivity index (χ3v) is 2.57. The van der Waals surface area contributed by atoms with Crippen molar-refractivity contribution in [2.45, 2.75) is 13.0 Å². The Hall–Kier alpha value is -2.61. The van der Waals surface area contributed by atoms with Gasteiger partial charge in [-0.15, -0.1) is 0 Å². The van der Waals surface area contributed by atoms with Crippen LogP contribution in [0.3, 0.4) is 0 Å². The highest BCUT2D eigenvalue weighted by molar-refractivity contribution is 5.66. The number of rotatable bonds is 4. The van der Waals surface area contributed by atoms with Gasteiger partial charge in [0.1, 0.15) is 6.54 Å². The number of aliphatic carboxylic acids is 1. The molecule has 18 heavy (non-hydrogen) atoms. The predicted octanol–water partition coefficient (Wildman–Crippen LogP) is 1.43. The van der Waals surface area contributed by atoms with Gasteiger partial charge in [0, 0.05) is 18.3 Å². The maximum atomic E-state index is 10.7. The molecule has 0 fully saturated rings. The molecule has 0 unspecified atom stereocenters. The molecule has 2 rings (SSSR count). The summed E-state index contributed by atoms with van der Waals surface area (Å²) in [5, 5.41) is 17.5. The minimum absolute atomic E-state index is 0.0917. The fraction of sp³-hybridized carbons (Fsp3) is 0.154. The van der Waals surface area contributed by atoms with E-state index in [0.717, 1.165) is 11.3 Å². The molecule has 1 aromatic carbocycles. The summed E-state index contributed by atoms with van der Waals surface area (Å²) in [6.45, 7) is -0.0917. The van der Waals surface area contributed by atoms with Crippen molar-refractivity contribution >= 4 is 5.97 Å². The van der Waals surface area contributed by atoms with Gasteiger partial charge >= 0.3 is 5.97 Å². The van der Waals surface area contributed by atoms with Gasteiger partial charge in [0.2, 0.25) is 0 Å². The predicted molar refractivity (Wildman–Crippen MR) is 63.8 cm³/mol. The molecule has 0 spiro atoms. The summed E-state index contributed by atoms with van der Waals surface area (Å²) >= 11 is 0. The Morgan fingerprint density at radius 2 is 2.11 bits per heavy atom. The number of carbonyl (C=O) groups is 1. The van der Waals surface area contributed by atoms with Gasteiger partial charge in [-0.1, -0.05) is 12.1 Å². The van der Waals surface area contributed by atoms with Gasteiger partial charge in [-0.05, 0) is 17.7 Å². The third kappa shape index (κ3) is 2.74. The van der Waals surface area contributed by atoms with Crippen LogP contribution in [0.25, 0.3) is 0 Å². The first-order valence-corrected chi connectivity index (χ1v) is 5.39. The number of imidazole rings is 1. The van der Waals surface area contributed by atoms with Crippen molar-refractivity contribution in [2.24, 2.45) is 0 Å². The van der Waals surface area contributed by atoms with Gasteiger partial charge in [-0.3, -0.25) is 4.79 Å². The Morgan fingerprint density at radius 3 is 2.72 bits per heavy atom. The van der Waals surface area contributed by atoms with E-state index < -0.39 is 5.97 Å². The van der Waals surface area contributed by atoms with E-state index in [0.29, 0.717) is 12.0 Å². The summed E-state index contributed by atoms with van der Waals surface area (Å²) in [4.78, 5) is 14.6. The molecule has 0 aliphatic rings. The Bertz CT molecular complexity index is 593. The van der Waals surface area contributed by atoms with Crippen LogP contribution < -0.4 is 0 Å². The average Bonchev–Trinajstić information content (AvgIpc) is 2.77. The fourth-order valence-corrected chi connectivity index (χ4v) is 1.69. The number of carboxylic acids is 1. The first kappa shape index (κ1) is 11.9. The number of carboxylic acid groups (broad SMARTS) is 1. The summed E-state index contributed by atoms with van der Waals surface area (Å²) < 4.78 is 1.60. The lowest BCUT2D eigenvalue weighted by Crippen LogP contribution is -2.10. The monoisotopic (exact) mass is 241 g/mol. The molecule has 0 saturated carbocycles. The lowest BCUT2D eigenvalue weighted by Gasteiger charge is -2.05. The van der Waals surface area contributed by atoms with E-state index in [2.05, 4.69) is 11.1 Å². The zero-order valence-corrected chi connectivity index (χ0v) is 9.58. The topological polar surface area (TPSA) is 78.9 Å². The number of hydrogen-bond donors (Lipinski definition) is 1. The summed E-state index contributed by atoms with van der Waals surface area (Å²) in [6.07, 6.45) is 3.76. The Morgan fingerprint density at radius 1 is 1.39 bits per heavy atom. The van der Waals surface area contributed by atoms with Crippen LogP contribution in [-0.2, 0) is 17.8 Å². The highest BCUT2D eigenvalue weighted by atomic mass is 16.4. The van der Waals surface area contributed by atoms with E-state index in [1.807, 2.05) is 12.1 Å². The standard InChI is InChI=1S/C13H11N3O2/c14-6-11-3-1-10(2-4-11)5-12-7-15-9-16(12)8-13(17)18/h1-4,7,9H,5,8H2,(H,17,18). The molecule has 5 heteroatoms. The number of hydrogen-bond acceptors (Lipinski definition) is 3. The third-order valence-electron chi connectivity index (χ3n) is 2.57. The first-order valence-electron chi connectivity index (χ1n) is 5.39. The molecule has 2 aromatic rings. The van der Waals surface area contributed by atoms with Crippen LogP contribution in [0.1, 0.15) is 16.8 Å². The van der Waals surface area contributed by atoms with Crippen LogP contribution in [0, 0.1) is 11.3 Å². The zero-order valence-electron chi connectivity index (χ0n) is 9.58. The minimum Gasteiger partial charge on any atom is -0.480 e. The number of nitrogens with zero attached hydrogens (tertiary/aromatic N) is 3. The van der Waals surface area contributed by atoms with E-state index in [4.69, 9.17) is 10.4 Å². The fourth-order valence-electron chi connectivity index (χ4n) is 1.69. The smallest absolute Gasteiger partial charge is 0.323 e. The average molecular weight is 241 g/mol. The second kappa shape index (κ2) is 5.15. The normalized spacial score (nSPS) is 9.94. The molecule has 0 bridgehead atoms. The second-order valence-electron chi connectivity index (χ2n) is 3.89. The Labute approximate surface area is 104 Å². The van der Waals surface area contributed by atoms with Gasteiger partial charge in [-0.2, -0.15) is 5.26 Å². The van der Waals surface area contributed by atoms with Gasteiger partial charge in [0.05, 0.1) is 18.0 Å². The summed E-state index contributed by atoms with van der Waals surface area (Å²) in [5.41, 5.74) is 2.46. The van der Waals surface area contributed by atoms with Gasteiger partial charge in [0.15, 0.2) is 0 Å². The summed E-state index contributed by atoms with van der Waals surface area (Å²) in [6, 6.07) is 9.26. The van der Waals surface area contributed by atoms with Gasteiger partial charge < -0.3 is 9.67 Å². The lowest BCUT2D eigenvalue weighted by molar-refractivity contribution is -0.137. The largest absolute Gasteiger partial charge is 0.480 e. The lowest BCUT2D eigenvalue weighted by atomic mass is 10.1. The van der Waals surface area contributed by atoms with E-state index in [9.17, 15) is 4.79 Å². The molecular formula is C13H11N3O2. The molecule has 5 nitrogen and oxygen atoms in total. The second-order valence-corrected chi connectivity index (χ2v) is 3.89. The highest BCUT2D eigenvalue weighted by Gasteiger charge is 2.06.